The molecule has 8 nitrogen and oxygen atoms in total. The Hall–Kier alpha value is -0.320. The maximum absolute atomic E-state index is 10.6. The predicted octanol–water partition coefficient (Wildman–Crippen LogP) is -1.75. The summed E-state index contributed by atoms with van der Waals surface area (Å²) >= 11 is 0. The second-order valence-electron chi connectivity index (χ2n) is 6.72. The van der Waals surface area contributed by atoms with Crippen molar-refractivity contribution >= 4 is 0 Å². The van der Waals surface area contributed by atoms with Crippen LogP contribution < -0.4 is 22.5 Å². The zero-order valence-corrected chi connectivity index (χ0v) is 14.2. The van der Waals surface area contributed by atoms with E-state index in [2.05, 4.69) is 5.32 Å². The predicted molar refractivity (Wildman–Crippen MR) is 86.6 cm³/mol. The Morgan fingerprint density at radius 2 is 1.96 bits per heavy atom. The molecule has 0 bridgehead atoms. The summed E-state index contributed by atoms with van der Waals surface area (Å²) in [6.07, 6.45) is -0.0776. The minimum Gasteiger partial charge on any atom is -0.389 e. The molecular weight excluding hydrogens is 300 g/mol. The van der Waals surface area contributed by atoms with Crippen LogP contribution in [0.15, 0.2) is 0 Å². The molecule has 8 N–H and O–H groups in total. The standard InChI is InChI=1S/C15H32N4O4/c1-7(16)10-5-4-8(17)15(22-10)23-14-9(18)6-11(21-3)12(19-2)13(14)20/h7-15,19-20H,4-6,16-18H2,1-3H3/t7-,8-,9+,10+,11+,12-,13-,14-,15+/m0/s1. The van der Waals surface area contributed by atoms with Gasteiger partial charge in [0.1, 0.15) is 6.10 Å². The Balaban J connectivity index is 2.05. The van der Waals surface area contributed by atoms with Gasteiger partial charge in [0.15, 0.2) is 6.29 Å². The molecule has 0 amide bonds. The minimum absolute atomic E-state index is 0.0939. The SMILES string of the molecule is CN[C@@H]1[C@H](O)[C@@H](O[C@H]2O[C@@H]([C@H](C)N)CC[C@@H]2N)[C@H](N)C[C@H]1OC. The molecular formula is C15H32N4O4. The molecule has 2 aliphatic rings. The van der Waals surface area contributed by atoms with E-state index >= 15 is 0 Å². The van der Waals surface area contributed by atoms with Crippen molar-refractivity contribution in [1.29, 1.82) is 0 Å². The number of aliphatic hydroxyl groups excluding tert-OH is 1. The maximum Gasteiger partial charge on any atom is 0.173 e. The van der Waals surface area contributed by atoms with E-state index in [1.165, 1.54) is 0 Å². The highest BCUT2D eigenvalue weighted by Crippen LogP contribution is 2.28. The van der Waals surface area contributed by atoms with Crippen LogP contribution in [-0.4, -0.2) is 74.1 Å². The van der Waals surface area contributed by atoms with E-state index in [0.29, 0.717) is 6.42 Å². The number of nitrogens with two attached hydrogens (primary N) is 3. The molecule has 2 rings (SSSR count). The van der Waals surface area contributed by atoms with Crippen molar-refractivity contribution in [2.75, 3.05) is 14.2 Å². The first kappa shape index (κ1) is 19.0. The first-order valence-electron chi connectivity index (χ1n) is 8.34. The van der Waals surface area contributed by atoms with Crippen LogP contribution in [0.25, 0.3) is 0 Å². The van der Waals surface area contributed by atoms with Crippen molar-refractivity contribution in [1.82, 2.24) is 5.32 Å². The summed E-state index contributed by atoms with van der Waals surface area (Å²) < 4.78 is 17.3. The molecule has 0 spiro atoms. The summed E-state index contributed by atoms with van der Waals surface area (Å²) in [5.41, 5.74) is 18.2. The Labute approximate surface area is 138 Å². The lowest BCUT2D eigenvalue weighted by atomic mass is 9.84. The van der Waals surface area contributed by atoms with Gasteiger partial charge in [0.2, 0.25) is 0 Å². The van der Waals surface area contributed by atoms with E-state index in [1.807, 2.05) is 6.92 Å². The fraction of sp³-hybridized carbons (Fsp3) is 1.00. The normalized spacial score (nSPS) is 46.6. The van der Waals surface area contributed by atoms with Gasteiger partial charge in [-0.15, -0.1) is 0 Å². The van der Waals surface area contributed by atoms with Crippen LogP contribution in [0.4, 0.5) is 0 Å². The molecule has 1 aliphatic carbocycles. The molecule has 0 radical (unpaired) electrons. The second kappa shape index (κ2) is 8.17. The smallest absolute Gasteiger partial charge is 0.173 e. The Bertz CT molecular complexity index is 373. The summed E-state index contributed by atoms with van der Waals surface area (Å²) in [5, 5.41) is 13.7. The third-order valence-electron chi connectivity index (χ3n) is 4.99. The van der Waals surface area contributed by atoms with E-state index in [4.69, 9.17) is 31.4 Å². The molecule has 0 aromatic rings. The molecule has 2 fully saturated rings. The number of hydrogen-bond acceptors (Lipinski definition) is 8. The van der Waals surface area contributed by atoms with Crippen molar-refractivity contribution in [2.45, 2.75) is 81.1 Å². The average molecular weight is 332 g/mol. The molecule has 1 saturated carbocycles. The number of methoxy groups -OCH3 is 1. The number of nitrogens with one attached hydrogen (secondary N) is 1. The highest BCUT2D eigenvalue weighted by atomic mass is 16.7. The van der Waals surface area contributed by atoms with Crippen molar-refractivity contribution in [3.8, 4) is 0 Å². The molecule has 8 heteroatoms. The largest absolute Gasteiger partial charge is 0.389 e. The van der Waals surface area contributed by atoms with Gasteiger partial charge in [-0.2, -0.15) is 0 Å². The van der Waals surface area contributed by atoms with Crippen LogP contribution in [0.3, 0.4) is 0 Å². The lowest BCUT2D eigenvalue weighted by molar-refractivity contribution is -0.253. The lowest BCUT2D eigenvalue weighted by Crippen LogP contribution is -2.65. The van der Waals surface area contributed by atoms with Crippen LogP contribution in [-0.2, 0) is 14.2 Å². The van der Waals surface area contributed by atoms with Crippen LogP contribution in [0.1, 0.15) is 26.2 Å². The maximum atomic E-state index is 10.6. The van der Waals surface area contributed by atoms with E-state index in [1.54, 1.807) is 14.2 Å². The number of ether oxygens (including phenoxy) is 3. The van der Waals surface area contributed by atoms with Crippen LogP contribution in [0.5, 0.6) is 0 Å². The van der Waals surface area contributed by atoms with E-state index in [9.17, 15) is 5.11 Å². The fourth-order valence-electron chi connectivity index (χ4n) is 3.52. The van der Waals surface area contributed by atoms with Crippen LogP contribution >= 0.6 is 0 Å². The van der Waals surface area contributed by atoms with Crippen molar-refractivity contribution in [2.24, 2.45) is 17.2 Å². The zero-order valence-electron chi connectivity index (χ0n) is 14.2. The molecule has 0 aromatic heterocycles. The number of likely N-dealkylation sites (N-methyl/N-ethyl adjacent to an activating group) is 1. The molecule has 1 aliphatic heterocycles. The first-order valence-corrected chi connectivity index (χ1v) is 8.34. The molecule has 136 valence electrons. The number of aliphatic hydroxyl groups is 1. The van der Waals surface area contributed by atoms with Crippen molar-refractivity contribution in [3.05, 3.63) is 0 Å². The van der Waals surface area contributed by atoms with Gasteiger partial charge in [-0.1, -0.05) is 0 Å². The fourth-order valence-corrected chi connectivity index (χ4v) is 3.52. The summed E-state index contributed by atoms with van der Waals surface area (Å²) in [6.45, 7) is 1.90. The van der Waals surface area contributed by atoms with Crippen molar-refractivity contribution in [3.63, 3.8) is 0 Å². The summed E-state index contributed by atoms with van der Waals surface area (Å²) in [4.78, 5) is 0. The quantitative estimate of drug-likeness (QED) is 0.399. The third-order valence-corrected chi connectivity index (χ3v) is 4.99. The van der Waals surface area contributed by atoms with Crippen LogP contribution in [0.2, 0.25) is 0 Å². The summed E-state index contributed by atoms with van der Waals surface area (Å²) in [6, 6.07) is -0.959. The van der Waals surface area contributed by atoms with E-state index in [0.717, 1.165) is 12.8 Å². The summed E-state index contributed by atoms with van der Waals surface area (Å²) in [7, 11) is 3.39. The van der Waals surface area contributed by atoms with Crippen LogP contribution in [0, 0.1) is 0 Å². The summed E-state index contributed by atoms with van der Waals surface area (Å²) in [5.74, 6) is 0. The van der Waals surface area contributed by atoms with Crippen molar-refractivity contribution < 1.29 is 19.3 Å². The topological polar surface area (TPSA) is 138 Å². The molecule has 0 aromatic carbocycles. The Kier molecular flexibility index (Phi) is 6.76. The second-order valence-corrected chi connectivity index (χ2v) is 6.72. The van der Waals surface area contributed by atoms with Gasteiger partial charge in [0.05, 0.1) is 30.4 Å². The van der Waals surface area contributed by atoms with E-state index < -0.39 is 18.5 Å². The monoisotopic (exact) mass is 332 g/mol. The number of rotatable bonds is 5. The van der Waals surface area contributed by atoms with Gasteiger partial charge in [-0.3, -0.25) is 0 Å². The molecule has 1 saturated heterocycles. The Morgan fingerprint density at radius 3 is 2.52 bits per heavy atom. The molecule has 9 atom stereocenters. The minimum atomic E-state index is -0.805. The van der Waals surface area contributed by atoms with Gasteiger partial charge < -0.3 is 41.8 Å². The molecule has 0 unspecified atom stereocenters. The molecule has 1 heterocycles. The van der Waals surface area contributed by atoms with Gasteiger partial charge in [-0.25, -0.2) is 0 Å². The average Bonchev–Trinajstić information content (AvgIpc) is 2.52. The van der Waals surface area contributed by atoms with Gasteiger partial charge in [0, 0.05) is 19.2 Å². The van der Waals surface area contributed by atoms with Gasteiger partial charge in [-0.05, 0) is 33.2 Å². The molecule has 23 heavy (non-hydrogen) atoms. The zero-order chi connectivity index (χ0) is 17.1. The lowest BCUT2D eigenvalue weighted by Gasteiger charge is -2.45. The van der Waals surface area contributed by atoms with Gasteiger partial charge >= 0.3 is 0 Å². The highest BCUT2D eigenvalue weighted by molar-refractivity contribution is 5.00. The third kappa shape index (κ3) is 4.21. The highest BCUT2D eigenvalue weighted by Gasteiger charge is 2.45. The first-order chi connectivity index (χ1) is 10.9. The number of hydrogen-bond donors (Lipinski definition) is 5. The van der Waals surface area contributed by atoms with Gasteiger partial charge in [0.25, 0.3) is 0 Å². The van der Waals surface area contributed by atoms with E-state index in [-0.39, 0.29) is 36.4 Å². The Morgan fingerprint density at radius 1 is 1.26 bits per heavy atom.